The van der Waals surface area contributed by atoms with Gasteiger partial charge in [-0.05, 0) is 59.6 Å². The van der Waals surface area contributed by atoms with E-state index < -0.39 is 0 Å². The van der Waals surface area contributed by atoms with Crippen molar-refractivity contribution in [3.8, 4) is 5.88 Å². The molecule has 8 nitrogen and oxygen atoms in total. The number of fused-ring (bicyclic) bond motifs is 1. The highest BCUT2D eigenvalue weighted by atomic mass is 32.2. The van der Waals surface area contributed by atoms with Crippen molar-refractivity contribution >= 4 is 39.9 Å². The number of H-pyrrole nitrogens is 1. The first-order chi connectivity index (χ1) is 13.7. The van der Waals surface area contributed by atoms with Gasteiger partial charge in [0.1, 0.15) is 17.1 Å². The van der Waals surface area contributed by atoms with Gasteiger partial charge in [-0.1, -0.05) is 12.1 Å². The maximum atomic E-state index is 10.9. The molecule has 9 heteroatoms. The van der Waals surface area contributed by atoms with Crippen LogP contribution in [0.5, 0.6) is 5.88 Å². The molecule has 2 aromatic carbocycles. The molecule has 0 spiro atoms. The van der Waals surface area contributed by atoms with E-state index in [-0.39, 0.29) is 11.6 Å². The molecular formula is C19H15N5O3S. The number of aromatic nitrogens is 1. The van der Waals surface area contributed by atoms with Crippen LogP contribution in [0.2, 0.25) is 0 Å². The molecule has 4 aromatic rings. The molecule has 3 N–H and O–H groups in total. The van der Waals surface area contributed by atoms with E-state index in [9.17, 15) is 10.0 Å². The van der Waals surface area contributed by atoms with Crippen LogP contribution in [0.15, 0.2) is 85.6 Å². The third-order valence-electron chi connectivity index (χ3n) is 3.98. The van der Waals surface area contributed by atoms with Crippen LogP contribution in [0.4, 0.5) is 17.1 Å². The Labute approximate surface area is 163 Å². The molecule has 0 radical (unpaired) electrons. The van der Waals surface area contributed by atoms with Gasteiger partial charge in [0.05, 0.1) is 18.3 Å². The summed E-state index contributed by atoms with van der Waals surface area (Å²) in [5.74, 6) is 0.741. The summed E-state index contributed by atoms with van der Waals surface area (Å²) in [6.45, 7) is 0.579. The number of nitrogens with one attached hydrogen (secondary N) is 2. The number of hydrogen-bond acceptors (Lipinski definition) is 8. The van der Waals surface area contributed by atoms with Gasteiger partial charge < -0.3 is 14.5 Å². The van der Waals surface area contributed by atoms with Crippen molar-refractivity contribution in [3.05, 3.63) is 71.5 Å². The summed E-state index contributed by atoms with van der Waals surface area (Å²) in [4.78, 5) is 14.7. The van der Waals surface area contributed by atoms with Crippen LogP contribution in [0.3, 0.4) is 0 Å². The maximum Gasteiger partial charge on any atom is 0.218 e. The zero-order valence-corrected chi connectivity index (χ0v) is 15.3. The summed E-state index contributed by atoms with van der Waals surface area (Å²) in [5, 5.41) is 22.1. The summed E-state index contributed by atoms with van der Waals surface area (Å²) < 4.78 is 8.50. The highest BCUT2D eigenvalue weighted by Crippen LogP contribution is 2.39. The lowest BCUT2D eigenvalue weighted by molar-refractivity contribution is 0.459. The van der Waals surface area contributed by atoms with Crippen LogP contribution < -0.4 is 4.72 Å². The summed E-state index contributed by atoms with van der Waals surface area (Å²) in [6, 6.07) is 16.0. The SMILES string of the molecule is O=Nc1ccccc1N=Nc1c(O)[nH]c2ccc(SNCc3ccco3)cc12. The quantitative estimate of drug-likeness (QED) is 0.200. The molecular weight excluding hydrogens is 378 g/mol. The molecule has 0 amide bonds. The number of rotatable bonds is 7. The molecule has 0 aliphatic rings. The van der Waals surface area contributed by atoms with Crippen molar-refractivity contribution in [1.82, 2.24) is 9.71 Å². The van der Waals surface area contributed by atoms with Crippen LogP contribution in [0.25, 0.3) is 10.9 Å². The predicted molar refractivity (Wildman–Crippen MR) is 107 cm³/mol. The van der Waals surface area contributed by atoms with Gasteiger partial charge in [-0.15, -0.1) is 15.1 Å². The van der Waals surface area contributed by atoms with Gasteiger partial charge in [-0.2, -0.15) is 0 Å². The fourth-order valence-electron chi connectivity index (χ4n) is 2.64. The summed E-state index contributed by atoms with van der Waals surface area (Å²) >= 11 is 1.44. The minimum absolute atomic E-state index is 0.0963. The second kappa shape index (κ2) is 8.07. The van der Waals surface area contributed by atoms with E-state index in [1.165, 1.54) is 11.9 Å². The lowest BCUT2D eigenvalue weighted by Gasteiger charge is -2.02. The summed E-state index contributed by atoms with van der Waals surface area (Å²) in [6.07, 6.45) is 1.63. The smallest absolute Gasteiger partial charge is 0.218 e. The monoisotopic (exact) mass is 393 g/mol. The van der Waals surface area contributed by atoms with E-state index >= 15 is 0 Å². The summed E-state index contributed by atoms with van der Waals surface area (Å²) in [5.41, 5.74) is 1.54. The number of nitroso groups, excluding NO2 is 1. The van der Waals surface area contributed by atoms with Gasteiger partial charge >= 0.3 is 0 Å². The van der Waals surface area contributed by atoms with Crippen molar-refractivity contribution in [2.75, 3.05) is 0 Å². The molecule has 0 unspecified atom stereocenters. The van der Waals surface area contributed by atoms with E-state index in [2.05, 4.69) is 25.1 Å². The highest BCUT2D eigenvalue weighted by Gasteiger charge is 2.12. The fourth-order valence-corrected chi connectivity index (χ4v) is 3.33. The fraction of sp³-hybridized carbons (Fsp3) is 0.0526. The van der Waals surface area contributed by atoms with Crippen LogP contribution in [-0.2, 0) is 6.54 Å². The van der Waals surface area contributed by atoms with Gasteiger partial charge in [-0.3, -0.25) is 4.72 Å². The molecule has 0 bridgehead atoms. The number of azo groups is 1. The van der Waals surface area contributed by atoms with E-state index in [1.807, 2.05) is 30.3 Å². The van der Waals surface area contributed by atoms with Gasteiger partial charge in [0.2, 0.25) is 5.88 Å². The van der Waals surface area contributed by atoms with Gasteiger partial charge in [0.15, 0.2) is 5.69 Å². The van der Waals surface area contributed by atoms with Crippen molar-refractivity contribution < 1.29 is 9.52 Å². The Morgan fingerprint density at radius 3 is 2.71 bits per heavy atom. The van der Waals surface area contributed by atoms with Gasteiger partial charge in [0.25, 0.3) is 0 Å². The Morgan fingerprint density at radius 2 is 1.93 bits per heavy atom. The van der Waals surface area contributed by atoms with E-state index in [0.717, 1.165) is 16.2 Å². The molecule has 2 aromatic heterocycles. The molecule has 0 saturated carbocycles. The minimum Gasteiger partial charge on any atom is -0.493 e. The third-order valence-corrected chi connectivity index (χ3v) is 4.76. The molecule has 0 aliphatic heterocycles. The largest absolute Gasteiger partial charge is 0.493 e. The van der Waals surface area contributed by atoms with E-state index in [0.29, 0.717) is 23.3 Å². The van der Waals surface area contributed by atoms with Crippen LogP contribution >= 0.6 is 11.9 Å². The number of hydrogen-bond donors (Lipinski definition) is 3. The molecule has 28 heavy (non-hydrogen) atoms. The number of nitrogens with zero attached hydrogens (tertiary/aromatic N) is 3. The Hall–Kier alpha value is -3.43. The molecule has 4 rings (SSSR count). The zero-order valence-electron chi connectivity index (χ0n) is 14.5. The predicted octanol–water partition coefficient (Wildman–Crippen LogP) is 6.08. The number of furan rings is 1. The molecule has 0 saturated heterocycles. The summed E-state index contributed by atoms with van der Waals surface area (Å²) in [7, 11) is 0. The number of benzene rings is 2. The standard InChI is InChI=1S/C19H15N5O3S/c25-19-18(23-22-16-5-1-2-6-17(16)24-26)14-10-13(7-8-15(14)21-19)28-20-11-12-4-3-9-27-12/h1-10,20-21,25H,11H2. The van der Waals surface area contributed by atoms with Crippen LogP contribution in [0.1, 0.15) is 5.76 Å². The average Bonchev–Trinajstić information content (AvgIpc) is 3.34. The maximum absolute atomic E-state index is 10.9. The molecule has 140 valence electrons. The molecule has 0 aliphatic carbocycles. The van der Waals surface area contributed by atoms with Crippen molar-refractivity contribution in [3.63, 3.8) is 0 Å². The van der Waals surface area contributed by atoms with E-state index in [4.69, 9.17) is 4.42 Å². The first-order valence-electron chi connectivity index (χ1n) is 8.35. The van der Waals surface area contributed by atoms with Crippen molar-refractivity contribution in [2.45, 2.75) is 11.4 Å². The number of aromatic amines is 1. The average molecular weight is 393 g/mol. The highest BCUT2D eigenvalue weighted by molar-refractivity contribution is 7.97. The Kier molecular flexibility index (Phi) is 5.18. The third kappa shape index (κ3) is 3.80. The van der Waals surface area contributed by atoms with Gasteiger partial charge in [-0.25, -0.2) is 0 Å². The van der Waals surface area contributed by atoms with E-state index in [1.54, 1.807) is 30.5 Å². The topological polar surface area (TPSA) is 115 Å². The second-order valence-corrected chi connectivity index (χ2v) is 6.78. The zero-order chi connectivity index (χ0) is 19.3. The molecule has 0 atom stereocenters. The first kappa shape index (κ1) is 18.0. The molecule has 2 heterocycles. The normalized spacial score (nSPS) is 11.4. The second-order valence-electron chi connectivity index (χ2n) is 5.81. The number of aromatic hydroxyl groups is 1. The lowest BCUT2D eigenvalue weighted by atomic mass is 10.2. The van der Waals surface area contributed by atoms with Crippen molar-refractivity contribution in [2.24, 2.45) is 15.4 Å². The van der Waals surface area contributed by atoms with Crippen LogP contribution in [0, 0.1) is 4.91 Å². The van der Waals surface area contributed by atoms with Crippen LogP contribution in [-0.4, -0.2) is 10.1 Å². The van der Waals surface area contributed by atoms with Gasteiger partial charge in [0, 0.05) is 10.3 Å². The Morgan fingerprint density at radius 1 is 1.07 bits per heavy atom. The lowest BCUT2D eigenvalue weighted by Crippen LogP contribution is -2.01. The molecule has 0 fully saturated rings. The van der Waals surface area contributed by atoms with Crippen molar-refractivity contribution in [1.29, 1.82) is 0 Å². The Balaban J connectivity index is 1.58. The minimum atomic E-state index is -0.0963. The first-order valence-corrected chi connectivity index (χ1v) is 9.17. The Bertz CT molecular complexity index is 1140.